The van der Waals surface area contributed by atoms with Gasteiger partial charge in [-0.3, -0.25) is 20.2 Å². The largest absolute Gasteiger partial charge is 0.496 e. The Morgan fingerprint density at radius 3 is 2.28 bits per heavy atom. The second-order valence-electron chi connectivity index (χ2n) is 6.18. The van der Waals surface area contributed by atoms with Crippen molar-refractivity contribution in [2.45, 2.75) is 17.2 Å². The van der Waals surface area contributed by atoms with Crippen LogP contribution in [-0.2, 0) is 10.0 Å². The average molecular weight is 439 g/mol. The van der Waals surface area contributed by atoms with Crippen LogP contribution in [0.2, 0.25) is 0 Å². The van der Waals surface area contributed by atoms with Crippen LogP contribution in [0, 0.1) is 27.2 Å². The van der Waals surface area contributed by atoms with Gasteiger partial charge in [0.05, 0.1) is 27.2 Å². The lowest BCUT2D eigenvalue weighted by atomic mass is 10.1. The first kappa shape index (κ1) is 21.0. The molecule has 0 amide bonds. The number of rotatable bonds is 6. The summed E-state index contributed by atoms with van der Waals surface area (Å²) >= 11 is 1.38. The minimum Gasteiger partial charge on any atom is -0.496 e. The first-order valence-corrected chi connectivity index (χ1v) is 10.9. The summed E-state index contributed by atoms with van der Waals surface area (Å²) in [5.74, 6) is 1.01. The second kappa shape index (κ2) is 7.97. The molecule has 1 heterocycles. The van der Waals surface area contributed by atoms with E-state index in [0.717, 1.165) is 12.1 Å². The maximum absolute atomic E-state index is 13.3. The molecular weight excluding hydrogens is 422 g/mol. The number of ether oxygens (including phenoxy) is 1. The Bertz CT molecular complexity index is 1050. The number of para-hydroxylation sites is 1. The summed E-state index contributed by atoms with van der Waals surface area (Å²) in [4.78, 5) is 20.5. The van der Waals surface area contributed by atoms with Gasteiger partial charge >= 0.3 is 0 Å². The van der Waals surface area contributed by atoms with Gasteiger partial charge in [0.1, 0.15) is 11.3 Å². The van der Waals surface area contributed by atoms with Crippen LogP contribution in [-0.4, -0.2) is 42.0 Å². The Morgan fingerprint density at radius 2 is 1.72 bits per heavy atom. The molecule has 1 saturated heterocycles. The van der Waals surface area contributed by atoms with Crippen molar-refractivity contribution in [2.24, 2.45) is 0 Å². The quantitative estimate of drug-likeness (QED) is 0.495. The Morgan fingerprint density at radius 1 is 1.14 bits per heavy atom. The molecule has 29 heavy (non-hydrogen) atoms. The fourth-order valence-electron chi connectivity index (χ4n) is 3.14. The van der Waals surface area contributed by atoms with Gasteiger partial charge in [-0.1, -0.05) is 18.2 Å². The highest BCUT2D eigenvalue weighted by molar-refractivity contribution is 8.01. The fourth-order valence-corrected chi connectivity index (χ4v) is 6.44. The van der Waals surface area contributed by atoms with E-state index in [-0.39, 0.29) is 12.1 Å². The van der Waals surface area contributed by atoms with Gasteiger partial charge in [-0.05, 0) is 13.0 Å². The summed E-state index contributed by atoms with van der Waals surface area (Å²) in [7, 11) is -2.77. The molecule has 0 radical (unpaired) electrons. The second-order valence-corrected chi connectivity index (χ2v) is 9.26. The molecule has 0 bridgehead atoms. The molecule has 3 rings (SSSR count). The normalized spacial score (nSPS) is 17.2. The van der Waals surface area contributed by atoms with Crippen molar-refractivity contribution in [1.29, 1.82) is 0 Å². The zero-order valence-electron chi connectivity index (χ0n) is 15.5. The Balaban J connectivity index is 2.13. The van der Waals surface area contributed by atoms with Crippen molar-refractivity contribution in [3.05, 3.63) is 67.8 Å². The molecule has 1 aliphatic rings. The van der Waals surface area contributed by atoms with Crippen LogP contribution in [0.25, 0.3) is 0 Å². The third kappa shape index (κ3) is 3.78. The number of hydrogen-bond donors (Lipinski definition) is 0. The number of nitro groups is 2. The van der Waals surface area contributed by atoms with Gasteiger partial charge in [-0.25, -0.2) is 8.42 Å². The first-order valence-electron chi connectivity index (χ1n) is 8.38. The highest BCUT2D eigenvalue weighted by atomic mass is 32.2. The molecule has 154 valence electrons. The van der Waals surface area contributed by atoms with Gasteiger partial charge in [0.2, 0.25) is 10.0 Å². The molecular formula is C17H17N3O7S2. The number of hydrogen-bond acceptors (Lipinski definition) is 8. The predicted molar refractivity (Wildman–Crippen MR) is 107 cm³/mol. The average Bonchev–Trinajstić information content (AvgIpc) is 3.18. The monoisotopic (exact) mass is 439 g/mol. The van der Waals surface area contributed by atoms with Crippen LogP contribution in [0.15, 0.2) is 41.3 Å². The number of nitro benzene ring substituents is 2. The van der Waals surface area contributed by atoms with E-state index in [4.69, 9.17) is 4.74 Å². The minimum absolute atomic E-state index is 0.158. The van der Waals surface area contributed by atoms with E-state index in [1.165, 1.54) is 30.1 Å². The molecule has 10 nitrogen and oxygen atoms in total. The summed E-state index contributed by atoms with van der Waals surface area (Å²) in [6.45, 7) is 1.38. The fraction of sp³-hybridized carbons (Fsp3) is 0.294. The van der Waals surface area contributed by atoms with Crippen LogP contribution in [0.3, 0.4) is 0 Å². The summed E-state index contributed by atoms with van der Waals surface area (Å²) in [5.41, 5.74) is -0.787. The summed E-state index contributed by atoms with van der Waals surface area (Å²) in [6, 6.07) is 8.71. The lowest BCUT2D eigenvalue weighted by molar-refractivity contribution is -0.395. The van der Waals surface area contributed by atoms with Crippen molar-refractivity contribution >= 4 is 33.2 Å². The van der Waals surface area contributed by atoms with Crippen LogP contribution in [0.4, 0.5) is 11.4 Å². The van der Waals surface area contributed by atoms with Gasteiger partial charge < -0.3 is 4.74 Å². The molecule has 0 unspecified atom stereocenters. The topological polar surface area (TPSA) is 133 Å². The van der Waals surface area contributed by atoms with E-state index < -0.39 is 41.5 Å². The molecule has 0 aromatic heterocycles. The maximum Gasteiger partial charge on any atom is 0.280 e. The van der Waals surface area contributed by atoms with E-state index in [1.807, 2.05) is 0 Å². The van der Waals surface area contributed by atoms with Crippen molar-refractivity contribution < 1.29 is 23.0 Å². The third-order valence-corrected chi connectivity index (χ3v) is 7.80. The number of sulfonamides is 1. The lowest BCUT2D eigenvalue weighted by Crippen LogP contribution is -2.31. The number of benzene rings is 2. The molecule has 2 aromatic carbocycles. The molecule has 0 spiro atoms. The summed E-state index contributed by atoms with van der Waals surface area (Å²) in [6.07, 6.45) is 0. The van der Waals surface area contributed by atoms with Crippen LogP contribution < -0.4 is 4.74 Å². The van der Waals surface area contributed by atoms with Gasteiger partial charge in [-0.2, -0.15) is 4.31 Å². The molecule has 0 saturated carbocycles. The predicted octanol–water partition coefficient (Wildman–Crippen LogP) is 3.26. The van der Waals surface area contributed by atoms with Gasteiger partial charge in [0.25, 0.3) is 11.4 Å². The van der Waals surface area contributed by atoms with Crippen molar-refractivity contribution in [2.75, 3.05) is 19.4 Å². The Kier molecular flexibility index (Phi) is 5.78. The van der Waals surface area contributed by atoms with E-state index in [1.54, 1.807) is 24.3 Å². The van der Waals surface area contributed by atoms with Crippen molar-refractivity contribution in [3.8, 4) is 5.75 Å². The van der Waals surface area contributed by atoms with Gasteiger partial charge in [-0.15, -0.1) is 11.8 Å². The van der Waals surface area contributed by atoms with Crippen LogP contribution >= 0.6 is 11.8 Å². The number of methoxy groups -OCH3 is 1. The molecule has 1 aliphatic heterocycles. The SMILES string of the molecule is COc1ccccc1[C@@H]1SCCN1S(=O)(=O)c1cc([N+](=O)[O-])c(C)c([N+](=O)[O-])c1. The smallest absolute Gasteiger partial charge is 0.280 e. The van der Waals surface area contributed by atoms with Crippen LogP contribution in [0.5, 0.6) is 5.75 Å². The van der Waals surface area contributed by atoms with E-state index >= 15 is 0 Å². The molecule has 12 heteroatoms. The molecule has 1 atom stereocenters. The third-order valence-electron chi connectivity index (χ3n) is 4.58. The van der Waals surface area contributed by atoms with Gasteiger partial charge in [0.15, 0.2) is 0 Å². The van der Waals surface area contributed by atoms with Crippen molar-refractivity contribution in [3.63, 3.8) is 0 Å². The minimum atomic E-state index is -4.24. The summed E-state index contributed by atoms with van der Waals surface area (Å²) in [5, 5.41) is 22.0. The number of thioether (sulfide) groups is 1. The Hall–Kier alpha value is -2.70. The number of nitrogens with zero attached hydrogens (tertiary/aromatic N) is 3. The van der Waals surface area contributed by atoms with Gasteiger partial charge in [0, 0.05) is 30.0 Å². The Labute approximate surface area is 170 Å². The molecule has 0 N–H and O–H groups in total. The standard InChI is InChI=1S/C17H17N3O7S2/c1-11-14(19(21)22)9-12(10-15(11)20(23)24)29(25,26)18-7-8-28-17(18)13-5-3-4-6-16(13)27-2/h3-6,9-10,17H,7-8H2,1-2H3/t17-/m0/s1. The summed E-state index contributed by atoms with van der Waals surface area (Å²) < 4.78 is 33.1. The zero-order valence-corrected chi connectivity index (χ0v) is 17.1. The van der Waals surface area contributed by atoms with Crippen LogP contribution in [0.1, 0.15) is 16.5 Å². The van der Waals surface area contributed by atoms with E-state index in [0.29, 0.717) is 17.1 Å². The maximum atomic E-state index is 13.3. The molecule has 2 aromatic rings. The van der Waals surface area contributed by atoms with E-state index in [9.17, 15) is 28.6 Å². The molecule has 1 fully saturated rings. The highest BCUT2D eigenvalue weighted by Crippen LogP contribution is 2.45. The first-order chi connectivity index (χ1) is 13.7. The van der Waals surface area contributed by atoms with Crippen molar-refractivity contribution in [1.82, 2.24) is 4.31 Å². The highest BCUT2D eigenvalue weighted by Gasteiger charge is 2.40. The lowest BCUT2D eigenvalue weighted by Gasteiger charge is -2.24. The molecule has 0 aliphatic carbocycles. The van der Waals surface area contributed by atoms with E-state index in [2.05, 4.69) is 0 Å². The zero-order chi connectivity index (χ0) is 21.3.